The van der Waals surface area contributed by atoms with E-state index in [1.807, 2.05) is 4.90 Å². The summed E-state index contributed by atoms with van der Waals surface area (Å²) in [6, 6.07) is -0.163. The number of rotatable bonds is 3. The van der Waals surface area contributed by atoms with Gasteiger partial charge in [0.2, 0.25) is 5.89 Å². The zero-order valence-electron chi connectivity index (χ0n) is 9.47. The third-order valence-electron chi connectivity index (χ3n) is 2.75. The van der Waals surface area contributed by atoms with Crippen LogP contribution in [0.15, 0.2) is 4.52 Å². The van der Waals surface area contributed by atoms with Crippen LogP contribution in [0.5, 0.6) is 0 Å². The molecule has 88 valence electrons. The van der Waals surface area contributed by atoms with Crippen molar-refractivity contribution in [2.75, 3.05) is 13.7 Å². The number of carbonyl (C=O) groups is 1. The van der Waals surface area contributed by atoms with Crippen molar-refractivity contribution in [2.45, 2.75) is 32.4 Å². The molecule has 1 saturated heterocycles. The maximum atomic E-state index is 11.5. The molecule has 0 N–H and O–H groups in total. The molecule has 1 unspecified atom stereocenters. The number of esters is 1. The zero-order valence-corrected chi connectivity index (χ0v) is 9.47. The Kier molecular flexibility index (Phi) is 3.19. The van der Waals surface area contributed by atoms with Gasteiger partial charge in [0.25, 0.3) is 0 Å². The molecular weight excluding hydrogens is 210 g/mol. The smallest absolute Gasteiger partial charge is 0.323 e. The summed E-state index contributed by atoms with van der Waals surface area (Å²) in [5, 5.41) is 3.82. The van der Waals surface area contributed by atoms with Crippen molar-refractivity contribution < 1.29 is 14.1 Å². The van der Waals surface area contributed by atoms with Crippen molar-refractivity contribution in [1.29, 1.82) is 0 Å². The van der Waals surface area contributed by atoms with Crippen LogP contribution in [0.3, 0.4) is 0 Å². The summed E-state index contributed by atoms with van der Waals surface area (Å²) < 4.78 is 9.66. The van der Waals surface area contributed by atoms with Crippen LogP contribution in [-0.2, 0) is 16.1 Å². The van der Waals surface area contributed by atoms with Gasteiger partial charge in [-0.15, -0.1) is 0 Å². The fraction of sp³-hybridized carbons (Fsp3) is 0.700. The lowest BCUT2D eigenvalue weighted by Gasteiger charge is -2.20. The molecule has 2 heterocycles. The first-order valence-corrected chi connectivity index (χ1v) is 5.32. The maximum absolute atomic E-state index is 11.5. The van der Waals surface area contributed by atoms with Crippen LogP contribution in [0.1, 0.15) is 24.6 Å². The summed E-state index contributed by atoms with van der Waals surface area (Å²) in [7, 11) is 1.41. The van der Waals surface area contributed by atoms with Crippen molar-refractivity contribution in [3.63, 3.8) is 0 Å². The minimum absolute atomic E-state index is 0.163. The predicted molar refractivity (Wildman–Crippen MR) is 54.5 cm³/mol. The molecule has 6 heteroatoms. The predicted octanol–water partition coefficient (Wildman–Crippen LogP) is 0.515. The van der Waals surface area contributed by atoms with Gasteiger partial charge in [-0.25, -0.2) is 0 Å². The Morgan fingerprint density at radius 2 is 2.50 bits per heavy atom. The Morgan fingerprint density at radius 3 is 3.12 bits per heavy atom. The van der Waals surface area contributed by atoms with Crippen LogP contribution in [0.2, 0.25) is 0 Å². The molecular formula is C10H15N3O3. The first-order valence-electron chi connectivity index (χ1n) is 5.32. The van der Waals surface area contributed by atoms with Crippen molar-refractivity contribution in [3.05, 3.63) is 11.7 Å². The summed E-state index contributed by atoms with van der Waals surface area (Å²) in [4.78, 5) is 17.6. The number of hydrogen-bond donors (Lipinski definition) is 0. The van der Waals surface area contributed by atoms with E-state index < -0.39 is 0 Å². The zero-order chi connectivity index (χ0) is 11.5. The highest BCUT2D eigenvalue weighted by molar-refractivity contribution is 5.75. The van der Waals surface area contributed by atoms with E-state index in [1.54, 1.807) is 6.92 Å². The van der Waals surface area contributed by atoms with E-state index in [4.69, 9.17) is 9.26 Å². The first-order chi connectivity index (χ1) is 7.70. The standard InChI is InChI=1S/C10H15N3O3/c1-7-11-9(12-16-7)6-13-5-3-4-8(13)10(14)15-2/h8H,3-6H2,1-2H3. The molecule has 1 aliphatic rings. The molecule has 1 aliphatic heterocycles. The van der Waals surface area contributed by atoms with Gasteiger partial charge in [-0.1, -0.05) is 5.16 Å². The largest absolute Gasteiger partial charge is 0.468 e. The number of likely N-dealkylation sites (tertiary alicyclic amines) is 1. The molecule has 0 spiro atoms. The molecule has 1 fully saturated rings. The lowest BCUT2D eigenvalue weighted by molar-refractivity contribution is -0.146. The summed E-state index contributed by atoms with van der Waals surface area (Å²) in [6.45, 7) is 3.16. The van der Waals surface area contributed by atoms with Crippen LogP contribution < -0.4 is 0 Å². The van der Waals surface area contributed by atoms with Gasteiger partial charge in [-0.05, 0) is 19.4 Å². The third-order valence-corrected chi connectivity index (χ3v) is 2.75. The molecule has 1 aromatic rings. The van der Waals surface area contributed by atoms with E-state index in [1.165, 1.54) is 7.11 Å². The monoisotopic (exact) mass is 225 g/mol. The van der Waals surface area contributed by atoms with Gasteiger partial charge in [-0.2, -0.15) is 4.98 Å². The highest BCUT2D eigenvalue weighted by atomic mass is 16.5. The molecule has 1 atom stereocenters. The number of ether oxygens (including phenoxy) is 1. The Hall–Kier alpha value is -1.43. The lowest BCUT2D eigenvalue weighted by atomic mass is 10.2. The average Bonchev–Trinajstić information content (AvgIpc) is 2.87. The molecule has 0 amide bonds. The molecule has 0 aliphatic carbocycles. The summed E-state index contributed by atoms with van der Waals surface area (Å²) >= 11 is 0. The number of methoxy groups -OCH3 is 1. The molecule has 0 bridgehead atoms. The van der Waals surface area contributed by atoms with E-state index in [2.05, 4.69) is 10.1 Å². The van der Waals surface area contributed by atoms with Gasteiger partial charge in [0.1, 0.15) is 6.04 Å². The van der Waals surface area contributed by atoms with E-state index in [0.29, 0.717) is 18.3 Å². The average molecular weight is 225 g/mol. The van der Waals surface area contributed by atoms with Crippen molar-refractivity contribution in [2.24, 2.45) is 0 Å². The van der Waals surface area contributed by atoms with Crippen LogP contribution in [0.25, 0.3) is 0 Å². The second kappa shape index (κ2) is 4.61. The Balaban J connectivity index is 2.01. The number of carbonyl (C=O) groups excluding carboxylic acids is 1. The van der Waals surface area contributed by atoms with Gasteiger partial charge in [0, 0.05) is 6.92 Å². The fourth-order valence-corrected chi connectivity index (χ4v) is 2.01. The second-order valence-corrected chi connectivity index (χ2v) is 3.88. The maximum Gasteiger partial charge on any atom is 0.323 e. The van der Waals surface area contributed by atoms with E-state index in [0.717, 1.165) is 19.4 Å². The highest BCUT2D eigenvalue weighted by Crippen LogP contribution is 2.20. The molecule has 6 nitrogen and oxygen atoms in total. The lowest BCUT2D eigenvalue weighted by Crippen LogP contribution is -2.36. The Morgan fingerprint density at radius 1 is 1.69 bits per heavy atom. The van der Waals surface area contributed by atoms with Gasteiger partial charge in [-0.3, -0.25) is 9.69 Å². The summed E-state index contributed by atoms with van der Waals surface area (Å²) in [6.07, 6.45) is 1.83. The number of aryl methyl sites for hydroxylation is 1. The fourth-order valence-electron chi connectivity index (χ4n) is 2.01. The molecule has 0 saturated carbocycles. The molecule has 0 radical (unpaired) electrons. The van der Waals surface area contributed by atoms with Gasteiger partial charge in [0.05, 0.1) is 13.7 Å². The summed E-state index contributed by atoms with van der Waals surface area (Å²) in [5.74, 6) is 0.981. The van der Waals surface area contributed by atoms with Gasteiger partial charge < -0.3 is 9.26 Å². The third kappa shape index (κ3) is 2.21. The van der Waals surface area contributed by atoms with Crippen molar-refractivity contribution in [1.82, 2.24) is 15.0 Å². The van der Waals surface area contributed by atoms with Gasteiger partial charge >= 0.3 is 5.97 Å². The quantitative estimate of drug-likeness (QED) is 0.698. The number of nitrogens with zero attached hydrogens (tertiary/aromatic N) is 3. The normalized spacial score (nSPS) is 21.2. The van der Waals surface area contributed by atoms with Crippen LogP contribution >= 0.6 is 0 Å². The highest BCUT2D eigenvalue weighted by Gasteiger charge is 2.32. The molecule has 2 rings (SSSR count). The Labute approximate surface area is 93.6 Å². The van der Waals surface area contributed by atoms with Crippen LogP contribution in [0.4, 0.5) is 0 Å². The molecule has 0 aromatic carbocycles. The summed E-state index contributed by atoms with van der Waals surface area (Å²) in [5.41, 5.74) is 0. The first kappa shape index (κ1) is 11.1. The van der Waals surface area contributed by atoms with Gasteiger partial charge in [0.15, 0.2) is 5.82 Å². The number of aromatic nitrogens is 2. The molecule has 1 aromatic heterocycles. The second-order valence-electron chi connectivity index (χ2n) is 3.88. The van der Waals surface area contributed by atoms with Crippen LogP contribution in [-0.4, -0.2) is 40.7 Å². The van der Waals surface area contributed by atoms with Crippen molar-refractivity contribution >= 4 is 5.97 Å². The van der Waals surface area contributed by atoms with E-state index in [9.17, 15) is 4.79 Å². The minimum atomic E-state index is -0.183. The Bertz CT molecular complexity index is 377. The number of hydrogen-bond acceptors (Lipinski definition) is 6. The van der Waals surface area contributed by atoms with E-state index in [-0.39, 0.29) is 12.0 Å². The molecule has 16 heavy (non-hydrogen) atoms. The topological polar surface area (TPSA) is 68.5 Å². The van der Waals surface area contributed by atoms with E-state index >= 15 is 0 Å². The van der Waals surface area contributed by atoms with Crippen LogP contribution in [0, 0.1) is 6.92 Å². The van der Waals surface area contributed by atoms with Crippen molar-refractivity contribution in [3.8, 4) is 0 Å². The minimum Gasteiger partial charge on any atom is -0.468 e. The SMILES string of the molecule is COC(=O)C1CCCN1Cc1noc(C)n1.